The molecule has 0 saturated carbocycles. The molecule has 0 unspecified atom stereocenters. The average Bonchev–Trinajstić information content (AvgIpc) is 0.884. The molecule has 8 heterocycles. The molecule has 18 aromatic rings. The Bertz CT molecular complexity index is 5460. The zero-order valence-corrected chi connectivity index (χ0v) is 87.6. The maximum Gasteiger partial charge on any atom is 3.00 e. The van der Waals surface area contributed by atoms with Crippen LogP contribution in [0.3, 0.4) is 0 Å². The van der Waals surface area contributed by atoms with Crippen LogP contribution in [0.15, 0.2) is 510 Å². The Morgan fingerprint density at radius 1 is 0.188 bits per heavy atom. The Labute approximate surface area is 882 Å². The van der Waals surface area contributed by atoms with E-state index in [0.717, 1.165) is 115 Å². The second kappa shape index (κ2) is 63.7. The predicted molar refractivity (Wildman–Crippen MR) is 600 cm³/mol. The number of hydrogen-bond acceptors (Lipinski definition) is 12. The van der Waals surface area contributed by atoms with E-state index in [0.29, 0.717) is 0 Å². The van der Waals surface area contributed by atoms with Crippen molar-refractivity contribution in [1.82, 2.24) is 29.7 Å². The summed E-state index contributed by atoms with van der Waals surface area (Å²) in [5.74, 6) is 0. The molecule has 730 valence electrons. The van der Waals surface area contributed by atoms with E-state index in [9.17, 15) is 0 Å². The van der Waals surface area contributed by atoms with Crippen LogP contribution in [0, 0.1) is 0 Å². The Kier molecular flexibility index (Phi) is 49.5. The number of hydrogen-bond donors (Lipinski definition) is 0. The van der Waals surface area contributed by atoms with E-state index in [1.54, 1.807) is 0 Å². The normalized spacial score (nSPS) is 12.6. The molecule has 4 aliphatic heterocycles. The number of aromatic nitrogens is 4. The van der Waals surface area contributed by atoms with Crippen molar-refractivity contribution in [2.24, 2.45) is 0 Å². The van der Waals surface area contributed by atoms with E-state index in [2.05, 4.69) is 491 Å². The first-order valence-corrected chi connectivity index (χ1v) is 52.8. The molecule has 4 aliphatic rings. The van der Waals surface area contributed by atoms with Crippen molar-refractivity contribution >= 4 is 104 Å². The van der Waals surface area contributed by atoms with Crippen LogP contribution in [-0.4, -0.2) is 106 Å². The average molecular weight is 2110 g/mol. The quantitative estimate of drug-likeness (QED) is 0.0374. The van der Waals surface area contributed by atoms with Gasteiger partial charge in [0, 0.05) is 128 Å². The molecular weight excluding hydrogens is 1980 g/mol. The zero-order valence-electron chi connectivity index (χ0n) is 82.1. The molecule has 12 nitrogen and oxygen atoms in total. The van der Waals surface area contributed by atoms with E-state index in [1.165, 1.54) is 138 Å². The van der Waals surface area contributed by atoms with Gasteiger partial charge in [-0.05, 0) is 161 Å². The zero-order chi connectivity index (χ0) is 95.5. The fourth-order valence-electron chi connectivity index (χ4n) is 19.2. The van der Waals surface area contributed by atoms with E-state index in [4.69, 9.17) is 18.9 Å². The molecular formula is C126H132B2N6O6P2Ru2+4. The molecule has 2 N–H and O–H groups in total. The minimum atomic E-state index is -1.22. The van der Waals surface area contributed by atoms with Crippen molar-refractivity contribution in [2.75, 3.05) is 52.9 Å². The first-order valence-electron chi connectivity index (χ1n) is 49.8. The molecule has 0 atom stereocenters. The fraction of sp³-hybridized carbons (Fsp3) is 0.175. The molecule has 4 saturated heterocycles. The second-order valence-corrected chi connectivity index (χ2v) is 40.3. The van der Waals surface area contributed by atoms with Crippen molar-refractivity contribution in [1.29, 1.82) is 0 Å². The molecule has 0 amide bonds. The van der Waals surface area contributed by atoms with Crippen LogP contribution in [0.25, 0.3) is 0 Å². The molecule has 2 radical (unpaired) electrons. The Balaban J connectivity index is 0.000000171. The van der Waals surface area contributed by atoms with Crippen molar-refractivity contribution in [3.05, 3.63) is 544 Å². The van der Waals surface area contributed by atoms with Crippen LogP contribution < -0.4 is 75.5 Å². The number of benzene rings is 14. The summed E-state index contributed by atoms with van der Waals surface area (Å²) >= 11 is 0. The monoisotopic (exact) mass is 2110 g/mol. The number of rotatable bonds is 26. The van der Waals surface area contributed by atoms with Gasteiger partial charge in [0.2, 0.25) is 0 Å². The molecule has 0 bridgehead atoms. The van der Waals surface area contributed by atoms with Gasteiger partial charge in [-0.25, -0.2) is 0 Å². The minimum absolute atomic E-state index is 0. The van der Waals surface area contributed by atoms with Gasteiger partial charge in [0.1, 0.15) is 44.1 Å². The Hall–Kier alpha value is -12.4. The SMILES string of the molecule is C1CCOC1.C1CCOC1.C1CCOC1.C1CCOC1.[OH-].[OH-].[Ru+3].[Ru+3].c1ccc([B-](c2ccccc2)(c2ccccc2)c2ccccc2)cc1.c1ccc([B-](c2ccccc2)(c2ccccc2)c2ccccc2)cc1.c1ccc([PH+](c2ccccc2)c2ccccc2CN(Cc2ccccn2)Cc2ccccn2)cc1.c1ccc([PH+](c2ccccc2)c2ccccc2CN(Cc2ccccn2)Cc2ccccn2)cc1. The van der Waals surface area contributed by atoms with Gasteiger partial charge in [0.15, 0.2) is 0 Å². The fourth-order valence-corrected chi connectivity index (χ4v) is 24.7. The Morgan fingerprint density at radius 2 is 0.347 bits per heavy atom. The minimum Gasteiger partial charge on any atom is -0.870 e. The molecule has 14 aromatic carbocycles. The predicted octanol–water partition coefficient (Wildman–Crippen LogP) is 19.3. The molecule has 22 rings (SSSR count). The van der Waals surface area contributed by atoms with Crippen LogP contribution in [-0.2, 0) is 97.2 Å². The van der Waals surface area contributed by atoms with Crippen LogP contribution in [0.2, 0.25) is 0 Å². The Morgan fingerprint density at radius 3 is 0.507 bits per heavy atom. The van der Waals surface area contributed by atoms with Crippen LogP contribution in [0.4, 0.5) is 0 Å². The van der Waals surface area contributed by atoms with E-state index >= 15 is 0 Å². The summed E-state index contributed by atoms with van der Waals surface area (Å²) in [4.78, 5) is 23.3. The summed E-state index contributed by atoms with van der Waals surface area (Å²) in [5, 5.41) is 8.47. The van der Waals surface area contributed by atoms with Crippen LogP contribution >= 0.6 is 15.8 Å². The number of ether oxygens (including phenoxy) is 4. The third-order valence-electron chi connectivity index (χ3n) is 25.8. The smallest absolute Gasteiger partial charge is 0.870 e. The van der Waals surface area contributed by atoms with Crippen LogP contribution in [0.5, 0.6) is 0 Å². The first-order chi connectivity index (χ1) is 69.6. The van der Waals surface area contributed by atoms with E-state index < -0.39 is 28.1 Å². The summed E-state index contributed by atoms with van der Waals surface area (Å²) < 4.78 is 19.8. The number of nitrogens with zero attached hydrogens (tertiary/aromatic N) is 6. The van der Waals surface area contributed by atoms with Gasteiger partial charge in [0.25, 0.3) is 0 Å². The van der Waals surface area contributed by atoms with Gasteiger partial charge in [-0.1, -0.05) is 376 Å². The van der Waals surface area contributed by atoms with Gasteiger partial charge < -0.3 is 29.9 Å². The standard InChI is InChI=1S/2C31H28N3P.2C24H20B.4C4H8O.2H2O.2Ru/c2*1-3-16-29(17-4-1)35(30-18-5-2-6-19-30)31-20-8-7-13-26(31)23-34(24-27-14-9-11-21-32-27)25-28-15-10-12-22-33-28;2*1-5-13-21(14-6-1)25(22-15-7-2-8-16-22,23-17-9-3-10-18-23)24-19-11-4-12-20-24;4*1-2-4-5-3-1;;;;/h2*1-22H,23-25H2;2*1-20H;4*1-4H2;2*1H2;;/q;;2*-1;;;;;;;2*+3. The topological polar surface area (TPSA) is 155 Å². The van der Waals surface area contributed by atoms with Crippen molar-refractivity contribution < 1.29 is 68.9 Å². The molecule has 18 heteroatoms. The molecule has 4 aromatic heterocycles. The summed E-state index contributed by atoms with van der Waals surface area (Å²) in [7, 11) is -2.31. The van der Waals surface area contributed by atoms with Gasteiger partial charge in [-0.15, -0.1) is 0 Å². The van der Waals surface area contributed by atoms with E-state index in [-0.39, 0.29) is 49.9 Å². The van der Waals surface area contributed by atoms with Gasteiger partial charge in [-0.3, -0.25) is 29.7 Å². The van der Waals surface area contributed by atoms with Gasteiger partial charge in [0.05, 0.1) is 38.6 Å². The molecule has 144 heavy (non-hydrogen) atoms. The van der Waals surface area contributed by atoms with Crippen molar-refractivity contribution in [3.8, 4) is 0 Å². The maximum absolute atomic E-state index is 4.94. The van der Waals surface area contributed by atoms with E-state index in [1.807, 2.05) is 49.1 Å². The second-order valence-electron chi connectivity index (χ2n) is 35.4. The summed E-state index contributed by atoms with van der Waals surface area (Å²) in [6, 6.07) is 173. The maximum atomic E-state index is 4.94. The third kappa shape index (κ3) is 33.3. The first kappa shape index (κ1) is 112. The summed E-state index contributed by atoms with van der Waals surface area (Å²) in [6.45, 7) is 12.7. The molecule has 0 aliphatic carbocycles. The van der Waals surface area contributed by atoms with Gasteiger partial charge in [-0.2, -0.15) is 43.7 Å². The van der Waals surface area contributed by atoms with Crippen molar-refractivity contribution in [2.45, 2.75) is 90.6 Å². The summed E-state index contributed by atoms with van der Waals surface area (Å²) in [6.07, 6.45) is 15.3. The van der Waals surface area contributed by atoms with Crippen molar-refractivity contribution in [3.63, 3.8) is 0 Å². The largest absolute Gasteiger partial charge is 3.00 e. The number of pyridine rings is 4. The third-order valence-corrected chi connectivity index (χ3v) is 31.5. The van der Waals surface area contributed by atoms with Crippen LogP contribution in [0.1, 0.15) is 85.3 Å². The van der Waals surface area contributed by atoms with Gasteiger partial charge >= 0.3 is 39.0 Å². The summed E-state index contributed by atoms with van der Waals surface area (Å²) in [5.41, 5.74) is 17.7. The molecule has 4 fully saturated rings. The molecule has 0 spiro atoms.